The van der Waals surface area contributed by atoms with Gasteiger partial charge in [0.15, 0.2) is 0 Å². The minimum absolute atomic E-state index is 0.525. The van der Waals surface area contributed by atoms with Crippen LogP contribution in [0.4, 0.5) is 0 Å². The van der Waals surface area contributed by atoms with Gasteiger partial charge in [-0.1, -0.05) is 13.8 Å². The molecule has 1 fully saturated rings. The van der Waals surface area contributed by atoms with Gasteiger partial charge in [0.2, 0.25) is 0 Å². The Labute approximate surface area is 77.0 Å². The van der Waals surface area contributed by atoms with Gasteiger partial charge in [0, 0.05) is 24.2 Å². The van der Waals surface area contributed by atoms with Crippen molar-refractivity contribution in [3.63, 3.8) is 0 Å². The molecule has 66 valence electrons. The molecule has 1 atom stereocenters. The Kier molecular flexibility index (Phi) is 1.93. The first-order valence-electron chi connectivity index (χ1n) is 4.30. The first-order valence-corrected chi connectivity index (χ1v) is 5.18. The third-order valence-corrected chi connectivity index (χ3v) is 3.28. The van der Waals surface area contributed by atoms with E-state index < -0.39 is 0 Å². The van der Waals surface area contributed by atoms with E-state index in [9.17, 15) is 0 Å². The SMILES string of the molecule is CC1(C)CC1NCc1nccs1. The second-order valence-electron chi connectivity index (χ2n) is 4.05. The van der Waals surface area contributed by atoms with Crippen molar-refractivity contribution >= 4 is 11.3 Å². The predicted molar refractivity (Wildman–Crippen MR) is 51.1 cm³/mol. The molecular weight excluding hydrogens is 168 g/mol. The van der Waals surface area contributed by atoms with Crippen LogP contribution < -0.4 is 5.32 Å². The lowest BCUT2D eigenvalue weighted by Crippen LogP contribution is -2.19. The molecule has 0 saturated heterocycles. The Morgan fingerprint density at radius 1 is 1.75 bits per heavy atom. The lowest BCUT2D eigenvalue weighted by molar-refractivity contribution is 0.541. The number of thiazole rings is 1. The summed E-state index contributed by atoms with van der Waals surface area (Å²) in [6, 6.07) is 0.710. The summed E-state index contributed by atoms with van der Waals surface area (Å²) in [7, 11) is 0. The van der Waals surface area contributed by atoms with Crippen LogP contribution in [0.15, 0.2) is 11.6 Å². The molecule has 0 amide bonds. The molecule has 0 radical (unpaired) electrons. The average Bonchev–Trinajstić information content (AvgIpc) is 2.54. The minimum Gasteiger partial charge on any atom is -0.307 e. The Balaban J connectivity index is 1.78. The summed E-state index contributed by atoms with van der Waals surface area (Å²) in [4.78, 5) is 4.22. The largest absolute Gasteiger partial charge is 0.307 e. The van der Waals surface area contributed by atoms with Crippen LogP contribution in [-0.4, -0.2) is 11.0 Å². The highest BCUT2D eigenvalue weighted by Crippen LogP contribution is 2.44. The summed E-state index contributed by atoms with van der Waals surface area (Å²) in [6.07, 6.45) is 3.16. The number of aromatic nitrogens is 1. The smallest absolute Gasteiger partial charge is 0.106 e. The zero-order chi connectivity index (χ0) is 8.60. The Bertz CT molecular complexity index is 254. The fourth-order valence-corrected chi connectivity index (χ4v) is 1.93. The number of hydrogen-bond acceptors (Lipinski definition) is 3. The summed E-state index contributed by atoms with van der Waals surface area (Å²) in [5, 5.41) is 6.71. The van der Waals surface area contributed by atoms with Crippen LogP contribution in [0.1, 0.15) is 25.3 Å². The van der Waals surface area contributed by atoms with Crippen molar-refractivity contribution in [2.45, 2.75) is 32.9 Å². The third kappa shape index (κ3) is 1.67. The molecule has 0 spiro atoms. The van der Waals surface area contributed by atoms with E-state index >= 15 is 0 Å². The van der Waals surface area contributed by atoms with Crippen molar-refractivity contribution in [2.75, 3.05) is 0 Å². The number of nitrogens with one attached hydrogen (secondary N) is 1. The van der Waals surface area contributed by atoms with Crippen molar-refractivity contribution in [3.8, 4) is 0 Å². The lowest BCUT2D eigenvalue weighted by atomic mass is 10.2. The maximum Gasteiger partial charge on any atom is 0.106 e. The fraction of sp³-hybridized carbons (Fsp3) is 0.667. The van der Waals surface area contributed by atoms with Crippen molar-refractivity contribution in [3.05, 3.63) is 16.6 Å². The van der Waals surface area contributed by atoms with E-state index in [0.717, 1.165) is 6.54 Å². The fourth-order valence-electron chi connectivity index (χ4n) is 1.37. The van der Waals surface area contributed by atoms with E-state index in [2.05, 4.69) is 24.1 Å². The Hall–Kier alpha value is -0.410. The van der Waals surface area contributed by atoms with Gasteiger partial charge in [-0.15, -0.1) is 11.3 Å². The van der Waals surface area contributed by atoms with Crippen molar-refractivity contribution in [1.82, 2.24) is 10.3 Å². The second kappa shape index (κ2) is 2.82. The molecule has 1 aliphatic carbocycles. The van der Waals surface area contributed by atoms with Crippen LogP contribution >= 0.6 is 11.3 Å². The maximum atomic E-state index is 4.22. The van der Waals surface area contributed by atoms with Gasteiger partial charge < -0.3 is 5.32 Å². The molecule has 2 rings (SSSR count). The van der Waals surface area contributed by atoms with E-state index in [-0.39, 0.29) is 0 Å². The third-order valence-electron chi connectivity index (χ3n) is 2.50. The van der Waals surface area contributed by atoms with E-state index in [4.69, 9.17) is 0 Å². The quantitative estimate of drug-likeness (QED) is 0.773. The molecule has 0 aliphatic heterocycles. The second-order valence-corrected chi connectivity index (χ2v) is 5.03. The molecule has 0 aromatic carbocycles. The predicted octanol–water partition coefficient (Wildman–Crippen LogP) is 2.03. The minimum atomic E-state index is 0.525. The lowest BCUT2D eigenvalue weighted by Gasteiger charge is -2.03. The highest BCUT2D eigenvalue weighted by Gasteiger charge is 2.45. The Morgan fingerprint density at radius 2 is 2.50 bits per heavy atom. The van der Waals surface area contributed by atoms with Gasteiger partial charge in [0.1, 0.15) is 5.01 Å². The zero-order valence-electron chi connectivity index (χ0n) is 7.50. The van der Waals surface area contributed by atoms with Gasteiger partial charge in [-0.2, -0.15) is 0 Å². The highest BCUT2D eigenvalue weighted by molar-refractivity contribution is 7.09. The summed E-state index contributed by atoms with van der Waals surface area (Å²) in [5.41, 5.74) is 0.525. The zero-order valence-corrected chi connectivity index (χ0v) is 8.32. The molecule has 1 aromatic heterocycles. The van der Waals surface area contributed by atoms with Gasteiger partial charge in [-0.3, -0.25) is 0 Å². The molecule has 1 heterocycles. The highest BCUT2D eigenvalue weighted by atomic mass is 32.1. The van der Waals surface area contributed by atoms with Gasteiger partial charge in [-0.05, 0) is 11.8 Å². The molecule has 1 N–H and O–H groups in total. The van der Waals surface area contributed by atoms with Crippen LogP contribution in [0, 0.1) is 5.41 Å². The van der Waals surface area contributed by atoms with E-state index in [1.165, 1.54) is 11.4 Å². The van der Waals surface area contributed by atoms with Gasteiger partial charge in [-0.25, -0.2) is 4.98 Å². The van der Waals surface area contributed by atoms with Crippen LogP contribution in [0.25, 0.3) is 0 Å². The molecule has 1 unspecified atom stereocenters. The monoisotopic (exact) mass is 182 g/mol. The molecule has 1 saturated carbocycles. The summed E-state index contributed by atoms with van der Waals surface area (Å²) in [6.45, 7) is 5.53. The normalized spacial score (nSPS) is 25.7. The molecule has 0 bridgehead atoms. The molecule has 3 heteroatoms. The van der Waals surface area contributed by atoms with Crippen molar-refractivity contribution in [2.24, 2.45) is 5.41 Å². The first kappa shape index (κ1) is 8.20. The maximum absolute atomic E-state index is 4.22. The molecule has 1 aliphatic rings. The van der Waals surface area contributed by atoms with Gasteiger partial charge >= 0.3 is 0 Å². The van der Waals surface area contributed by atoms with Crippen molar-refractivity contribution < 1.29 is 0 Å². The number of rotatable bonds is 3. The van der Waals surface area contributed by atoms with Crippen LogP contribution in [0.5, 0.6) is 0 Å². The molecular formula is C9H14N2S. The molecule has 1 aromatic rings. The van der Waals surface area contributed by atoms with Crippen LogP contribution in [-0.2, 0) is 6.54 Å². The van der Waals surface area contributed by atoms with Crippen LogP contribution in [0.2, 0.25) is 0 Å². The standard InChI is InChI=1S/C9H14N2S/c1-9(2)5-7(9)11-6-8-10-3-4-12-8/h3-4,7,11H,5-6H2,1-2H3. The van der Waals surface area contributed by atoms with E-state index in [0.29, 0.717) is 11.5 Å². The van der Waals surface area contributed by atoms with Gasteiger partial charge in [0.25, 0.3) is 0 Å². The topological polar surface area (TPSA) is 24.9 Å². The van der Waals surface area contributed by atoms with Gasteiger partial charge in [0.05, 0.1) is 0 Å². The Morgan fingerprint density at radius 3 is 3.00 bits per heavy atom. The van der Waals surface area contributed by atoms with E-state index in [1.807, 2.05) is 11.6 Å². The molecule has 2 nitrogen and oxygen atoms in total. The number of hydrogen-bond donors (Lipinski definition) is 1. The summed E-state index contributed by atoms with van der Waals surface area (Å²) in [5.74, 6) is 0. The average molecular weight is 182 g/mol. The first-order chi connectivity index (χ1) is 5.68. The van der Waals surface area contributed by atoms with E-state index in [1.54, 1.807) is 11.3 Å². The summed E-state index contributed by atoms with van der Waals surface area (Å²) >= 11 is 1.72. The number of nitrogens with zero attached hydrogens (tertiary/aromatic N) is 1. The summed E-state index contributed by atoms with van der Waals surface area (Å²) < 4.78 is 0. The van der Waals surface area contributed by atoms with Crippen LogP contribution in [0.3, 0.4) is 0 Å². The van der Waals surface area contributed by atoms with Crippen molar-refractivity contribution in [1.29, 1.82) is 0 Å². The molecule has 12 heavy (non-hydrogen) atoms.